The van der Waals surface area contributed by atoms with Gasteiger partial charge in [-0.3, -0.25) is 9.20 Å². The molecule has 4 rings (SSSR count). The van der Waals surface area contributed by atoms with Crippen LogP contribution in [-0.4, -0.2) is 24.5 Å². The molecule has 4 aromatic rings. The Balaban J connectivity index is 1.73. The van der Waals surface area contributed by atoms with Crippen molar-refractivity contribution < 1.29 is 4.79 Å². The number of nitrogens with zero attached hydrogens (tertiary/aromatic N) is 5. The second kappa shape index (κ2) is 6.33. The van der Waals surface area contributed by atoms with E-state index in [1.54, 1.807) is 30.6 Å². The van der Waals surface area contributed by atoms with E-state index < -0.39 is 0 Å². The van der Waals surface area contributed by atoms with Crippen LogP contribution in [0.5, 0.6) is 0 Å². The van der Waals surface area contributed by atoms with Crippen molar-refractivity contribution in [3.05, 3.63) is 70.9 Å². The molecular weight excluding hydrogens is 330 g/mol. The molecule has 0 saturated carbocycles. The second-order valence-corrected chi connectivity index (χ2v) is 5.95. The third-order valence-corrected chi connectivity index (χ3v) is 4.34. The van der Waals surface area contributed by atoms with Crippen molar-refractivity contribution in [2.75, 3.05) is 0 Å². The highest BCUT2D eigenvalue weighted by atomic mass is 16.2. The van der Waals surface area contributed by atoms with E-state index in [9.17, 15) is 9.59 Å². The van der Waals surface area contributed by atoms with Crippen LogP contribution in [-0.2, 0) is 13.1 Å². The Hall–Kier alpha value is -3.66. The summed E-state index contributed by atoms with van der Waals surface area (Å²) in [5.41, 5.74) is 1.58. The fourth-order valence-corrected chi connectivity index (χ4v) is 3.12. The number of carbonyl (C=O) groups excluding carboxylic acids is 1. The van der Waals surface area contributed by atoms with Crippen molar-refractivity contribution in [3.8, 4) is 6.07 Å². The maximum atomic E-state index is 12.9. The number of rotatable bonds is 5. The topological polar surface area (TPSA) is 85.1 Å². The zero-order valence-electron chi connectivity index (χ0n) is 13.9. The fraction of sp³-hybridized carbons (Fsp3) is 0.158. The number of aryl methyl sites for hydroxylation is 1. The minimum atomic E-state index is -0.345. The number of pyridine rings is 1. The quantitative estimate of drug-likeness (QED) is 0.519. The molecule has 0 N–H and O–H groups in total. The summed E-state index contributed by atoms with van der Waals surface area (Å²) in [6.45, 7) is 0.380. The van der Waals surface area contributed by atoms with Gasteiger partial charge in [0.1, 0.15) is 6.54 Å². The molecule has 0 fully saturated rings. The highest BCUT2D eigenvalue weighted by Gasteiger charge is 2.17. The number of ketones is 1. The standard InChI is InChI=1S/C19H15N5O2/c20-9-5-10-22-12-15(14-6-1-2-7-16(14)22)17(25)13-24-19(26)23-11-4-3-8-18(23)21-24/h1-4,6-8,11-12H,5,10,13H2. The average molecular weight is 345 g/mol. The van der Waals surface area contributed by atoms with Crippen molar-refractivity contribution in [2.24, 2.45) is 0 Å². The second-order valence-electron chi connectivity index (χ2n) is 5.95. The van der Waals surface area contributed by atoms with Gasteiger partial charge >= 0.3 is 5.69 Å². The van der Waals surface area contributed by atoms with Crippen LogP contribution < -0.4 is 5.69 Å². The van der Waals surface area contributed by atoms with Crippen LogP contribution in [0.15, 0.2) is 59.7 Å². The predicted octanol–water partition coefficient (Wildman–Crippen LogP) is 2.25. The summed E-state index contributed by atoms with van der Waals surface area (Å²) in [5.74, 6) is -0.192. The van der Waals surface area contributed by atoms with E-state index in [0.717, 1.165) is 10.9 Å². The summed E-state index contributed by atoms with van der Waals surface area (Å²) in [6, 6.07) is 14.9. The van der Waals surface area contributed by atoms with Crippen LogP contribution in [0, 0.1) is 11.3 Å². The largest absolute Gasteiger partial charge is 0.350 e. The summed E-state index contributed by atoms with van der Waals surface area (Å²) in [6.07, 6.45) is 3.74. The van der Waals surface area contributed by atoms with Crippen molar-refractivity contribution in [1.82, 2.24) is 18.7 Å². The number of hydrogen-bond donors (Lipinski definition) is 0. The first-order valence-electron chi connectivity index (χ1n) is 8.21. The smallest absolute Gasteiger partial charge is 0.346 e. The molecule has 7 nitrogen and oxygen atoms in total. The molecule has 0 spiro atoms. The number of carbonyl (C=O) groups is 1. The van der Waals surface area contributed by atoms with Crippen molar-refractivity contribution >= 4 is 22.3 Å². The van der Waals surface area contributed by atoms with Crippen LogP contribution in [0.2, 0.25) is 0 Å². The van der Waals surface area contributed by atoms with Gasteiger partial charge in [0.15, 0.2) is 11.4 Å². The monoisotopic (exact) mass is 345 g/mol. The molecule has 0 radical (unpaired) electrons. The van der Waals surface area contributed by atoms with Gasteiger partial charge in [0, 0.05) is 35.4 Å². The van der Waals surface area contributed by atoms with Gasteiger partial charge in [-0.2, -0.15) is 5.26 Å². The Morgan fingerprint density at radius 1 is 1.15 bits per heavy atom. The van der Waals surface area contributed by atoms with Crippen LogP contribution in [0.3, 0.4) is 0 Å². The summed E-state index contributed by atoms with van der Waals surface area (Å²) in [7, 11) is 0. The lowest BCUT2D eigenvalue weighted by atomic mass is 10.1. The Labute approximate surface area is 148 Å². The van der Waals surface area contributed by atoms with Gasteiger partial charge in [0.25, 0.3) is 0 Å². The van der Waals surface area contributed by atoms with Gasteiger partial charge in [0.05, 0.1) is 12.5 Å². The van der Waals surface area contributed by atoms with E-state index in [2.05, 4.69) is 11.2 Å². The Bertz CT molecular complexity index is 1220. The maximum absolute atomic E-state index is 12.9. The Kier molecular flexibility index (Phi) is 3.86. The number of benzene rings is 1. The van der Waals surface area contributed by atoms with Gasteiger partial charge in [-0.05, 0) is 18.2 Å². The molecule has 0 atom stereocenters. The molecule has 0 aliphatic heterocycles. The van der Waals surface area contributed by atoms with Gasteiger partial charge < -0.3 is 4.57 Å². The lowest BCUT2D eigenvalue weighted by molar-refractivity contribution is 0.0967. The molecule has 0 aliphatic carbocycles. The molecule has 26 heavy (non-hydrogen) atoms. The molecule has 0 aliphatic rings. The number of aromatic nitrogens is 4. The highest BCUT2D eigenvalue weighted by molar-refractivity contribution is 6.08. The number of nitriles is 1. The van der Waals surface area contributed by atoms with Gasteiger partial charge in [0.2, 0.25) is 0 Å². The van der Waals surface area contributed by atoms with Gasteiger partial charge in [-0.15, -0.1) is 5.10 Å². The van der Waals surface area contributed by atoms with E-state index in [4.69, 9.17) is 5.26 Å². The third kappa shape index (κ3) is 2.58. The van der Waals surface area contributed by atoms with Gasteiger partial charge in [-0.1, -0.05) is 24.3 Å². The average Bonchev–Trinajstić information content (AvgIpc) is 3.19. The van der Waals surface area contributed by atoms with Crippen LogP contribution in [0.25, 0.3) is 16.6 Å². The number of Topliss-reactive ketones (excluding diaryl/α,β-unsaturated/α-hetero) is 1. The lowest BCUT2D eigenvalue weighted by Gasteiger charge is -2.00. The number of para-hydroxylation sites is 1. The first kappa shape index (κ1) is 15.8. The molecule has 3 aromatic heterocycles. The molecule has 0 amide bonds. The summed E-state index contributed by atoms with van der Waals surface area (Å²) in [4.78, 5) is 25.2. The summed E-state index contributed by atoms with van der Waals surface area (Å²) < 4.78 is 4.49. The molecule has 3 heterocycles. The maximum Gasteiger partial charge on any atom is 0.350 e. The van der Waals surface area contributed by atoms with E-state index in [-0.39, 0.29) is 18.0 Å². The molecule has 1 aromatic carbocycles. The molecular formula is C19H15N5O2. The summed E-state index contributed by atoms with van der Waals surface area (Å²) >= 11 is 0. The first-order chi connectivity index (χ1) is 12.7. The molecule has 7 heteroatoms. The van der Waals surface area contributed by atoms with Gasteiger partial charge in [-0.25, -0.2) is 9.48 Å². The van der Waals surface area contributed by atoms with E-state index >= 15 is 0 Å². The van der Waals surface area contributed by atoms with Crippen molar-refractivity contribution in [2.45, 2.75) is 19.5 Å². The molecule has 0 unspecified atom stereocenters. The molecule has 0 saturated heterocycles. The zero-order valence-corrected chi connectivity index (χ0v) is 13.9. The van der Waals surface area contributed by atoms with Crippen LogP contribution in [0.1, 0.15) is 16.8 Å². The zero-order chi connectivity index (χ0) is 18.1. The Morgan fingerprint density at radius 2 is 1.96 bits per heavy atom. The minimum absolute atomic E-state index is 0.132. The van der Waals surface area contributed by atoms with Crippen LogP contribution in [0.4, 0.5) is 0 Å². The fourth-order valence-electron chi connectivity index (χ4n) is 3.12. The lowest BCUT2D eigenvalue weighted by Crippen LogP contribution is -2.25. The van der Waals surface area contributed by atoms with E-state index in [1.165, 1.54) is 9.08 Å². The first-order valence-corrected chi connectivity index (χ1v) is 8.21. The Morgan fingerprint density at radius 3 is 2.77 bits per heavy atom. The van der Waals surface area contributed by atoms with Crippen LogP contribution >= 0.6 is 0 Å². The SMILES string of the molecule is N#CCCn1cc(C(=O)Cn2nc3ccccn3c2=O)c2ccccc21. The number of hydrogen-bond acceptors (Lipinski definition) is 4. The van der Waals surface area contributed by atoms with Crippen molar-refractivity contribution in [1.29, 1.82) is 5.26 Å². The normalized spacial score (nSPS) is 11.0. The number of fused-ring (bicyclic) bond motifs is 2. The third-order valence-electron chi connectivity index (χ3n) is 4.34. The molecule has 0 bridgehead atoms. The van der Waals surface area contributed by atoms with Crippen molar-refractivity contribution in [3.63, 3.8) is 0 Å². The highest BCUT2D eigenvalue weighted by Crippen LogP contribution is 2.22. The summed E-state index contributed by atoms with van der Waals surface area (Å²) in [5, 5.41) is 13.9. The van der Waals surface area contributed by atoms with E-state index in [0.29, 0.717) is 24.2 Å². The predicted molar refractivity (Wildman–Crippen MR) is 96.0 cm³/mol. The van der Waals surface area contributed by atoms with E-state index in [1.807, 2.05) is 28.8 Å². The molecule has 128 valence electrons. The minimum Gasteiger partial charge on any atom is -0.346 e.